The molecule has 110 valence electrons. The number of tetrazole rings is 1. The monoisotopic (exact) mass is 285 g/mol. The van der Waals surface area contributed by atoms with Gasteiger partial charge in [0.1, 0.15) is 5.75 Å². The normalized spacial score (nSPS) is 19.5. The van der Waals surface area contributed by atoms with Gasteiger partial charge in [-0.15, -0.1) is 5.10 Å². The van der Waals surface area contributed by atoms with E-state index < -0.39 is 0 Å². The molecule has 0 bridgehead atoms. The van der Waals surface area contributed by atoms with Gasteiger partial charge in [-0.3, -0.25) is 0 Å². The predicted octanol–water partition coefficient (Wildman–Crippen LogP) is 2.12. The van der Waals surface area contributed by atoms with Gasteiger partial charge in [-0.25, -0.2) is 4.68 Å². The summed E-state index contributed by atoms with van der Waals surface area (Å²) in [6.45, 7) is 0.910. The Morgan fingerprint density at radius 3 is 2.86 bits per heavy atom. The summed E-state index contributed by atoms with van der Waals surface area (Å²) >= 11 is 0. The van der Waals surface area contributed by atoms with Crippen LogP contribution in [0.2, 0.25) is 0 Å². The number of rotatable bonds is 5. The second-order valence-corrected chi connectivity index (χ2v) is 6.26. The molecule has 0 spiro atoms. The third kappa shape index (κ3) is 2.14. The standard InChI is InChI=1S/C15H19N5O/c1-21-13-8-11(16)4-5-12(13)14-17-18-19-20(14)9-15(6-7-15)10-2-3-10/h4-5,8,10H,2-3,6-7,9,16H2,1H3. The van der Waals surface area contributed by atoms with E-state index in [0.29, 0.717) is 16.9 Å². The molecule has 0 unspecified atom stereocenters. The maximum Gasteiger partial charge on any atom is 0.185 e. The fourth-order valence-corrected chi connectivity index (χ4v) is 3.25. The van der Waals surface area contributed by atoms with Gasteiger partial charge in [-0.2, -0.15) is 0 Å². The van der Waals surface area contributed by atoms with Crippen LogP contribution >= 0.6 is 0 Å². The summed E-state index contributed by atoms with van der Waals surface area (Å²) in [5.41, 5.74) is 7.83. The molecular formula is C15H19N5O. The average Bonchev–Trinajstić information content (AvgIpc) is 3.38. The molecule has 4 rings (SSSR count). The Morgan fingerprint density at radius 2 is 2.19 bits per heavy atom. The van der Waals surface area contributed by atoms with Crippen LogP contribution in [0.1, 0.15) is 25.7 Å². The summed E-state index contributed by atoms with van der Waals surface area (Å²) in [6, 6.07) is 5.58. The van der Waals surface area contributed by atoms with Crippen LogP contribution in [-0.2, 0) is 6.54 Å². The van der Waals surface area contributed by atoms with Gasteiger partial charge in [-0.05, 0) is 59.6 Å². The first-order valence-electron chi connectivity index (χ1n) is 7.42. The van der Waals surface area contributed by atoms with Gasteiger partial charge in [0.25, 0.3) is 0 Å². The van der Waals surface area contributed by atoms with Crippen molar-refractivity contribution in [2.75, 3.05) is 12.8 Å². The van der Waals surface area contributed by atoms with Crippen molar-refractivity contribution in [3.8, 4) is 17.1 Å². The highest BCUT2D eigenvalue weighted by Gasteiger charge is 2.54. The van der Waals surface area contributed by atoms with Crippen molar-refractivity contribution in [2.45, 2.75) is 32.2 Å². The van der Waals surface area contributed by atoms with E-state index in [1.165, 1.54) is 25.7 Å². The van der Waals surface area contributed by atoms with E-state index in [0.717, 1.165) is 23.9 Å². The molecule has 6 heteroatoms. The number of methoxy groups -OCH3 is 1. The SMILES string of the molecule is COc1cc(N)ccc1-c1nnnn1CC1(C2CC2)CC1. The van der Waals surface area contributed by atoms with Gasteiger partial charge in [0.05, 0.1) is 19.2 Å². The van der Waals surface area contributed by atoms with Crippen molar-refractivity contribution < 1.29 is 4.74 Å². The molecule has 1 heterocycles. The van der Waals surface area contributed by atoms with E-state index in [9.17, 15) is 0 Å². The second kappa shape index (κ2) is 4.44. The fraction of sp³-hybridized carbons (Fsp3) is 0.533. The van der Waals surface area contributed by atoms with Crippen molar-refractivity contribution in [1.82, 2.24) is 20.2 Å². The first kappa shape index (κ1) is 12.6. The summed E-state index contributed by atoms with van der Waals surface area (Å²) in [7, 11) is 1.64. The number of ether oxygens (including phenoxy) is 1. The number of nitrogen functional groups attached to an aromatic ring is 1. The minimum atomic E-state index is 0.450. The fourth-order valence-electron chi connectivity index (χ4n) is 3.25. The molecule has 2 fully saturated rings. The quantitative estimate of drug-likeness (QED) is 0.851. The van der Waals surface area contributed by atoms with Gasteiger partial charge in [-0.1, -0.05) is 0 Å². The molecule has 0 amide bonds. The summed E-state index contributed by atoms with van der Waals surface area (Å²) in [5.74, 6) is 2.35. The number of aromatic nitrogens is 4. The molecule has 0 saturated heterocycles. The summed E-state index contributed by atoms with van der Waals surface area (Å²) in [4.78, 5) is 0. The second-order valence-electron chi connectivity index (χ2n) is 6.26. The van der Waals surface area contributed by atoms with Crippen molar-refractivity contribution >= 4 is 5.69 Å². The van der Waals surface area contributed by atoms with E-state index in [-0.39, 0.29) is 0 Å². The molecule has 1 aromatic carbocycles. The Bertz CT molecular complexity index is 672. The number of hydrogen-bond acceptors (Lipinski definition) is 5. The Labute approximate surface area is 123 Å². The van der Waals surface area contributed by atoms with Crippen LogP contribution in [0, 0.1) is 11.3 Å². The molecule has 0 atom stereocenters. The van der Waals surface area contributed by atoms with Crippen LogP contribution < -0.4 is 10.5 Å². The Morgan fingerprint density at radius 1 is 1.38 bits per heavy atom. The lowest BCUT2D eigenvalue weighted by molar-refractivity contribution is 0.348. The third-order valence-electron chi connectivity index (χ3n) is 4.80. The minimum Gasteiger partial charge on any atom is -0.496 e. The maximum atomic E-state index is 5.82. The van der Waals surface area contributed by atoms with Crippen molar-refractivity contribution in [1.29, 1.82) is 0 Å². The van der Waals surface area contributed by atoms with Crippen LogP contribution in [0.15, 0.2) is 18.2 Å². The van der Waals surface area contributed by atoms with Crippen molar-refractivity contribution in [3.63, 3.8) is 0 Å². The molecule has 2 aromatic rings. The first-order chi connectivity index (χ1) is 10.2. The molecule has 2 aliphatic rings. The Hall–Kier alpha value is -2.11. The van der Waals surface area contributed by atoms with Gasteiger partial charge in [0.15, 0.2) is 5.82 Å². The van der Waals surface area contributed by atoms with Gasteiger partial charge < -0.3 is 10.5 Å². The van der Waals surface area contributed by atoms with E-state index in [4.69, 9.17) is 10.5 Å². The molecule has 2 N–H and O–H groups in total. The van der Waals surface area contributed by atoms with Crippen LogP contribution in [0.3, 0.4) is 0 Å². The molecule has 6 nitrogen and oxygen atoms in total. The first-order valence-corrected chi connectivity index (χ1v) is 7.42. The number of benzene rings is 1. The van der Waals surface area contributed by atoms with Gasteiger partial charge >= 0.3 is 0 Å². The Balaban J connectivity index is 1.68. The summed E-state index contributed by atoms with van der Waals surface area (Å²) < 4.78 is 7.35. The molecule has 2 aliphatic carbocycles. The predicted molar refractivity (Wildman–Crippen MR) is 78.6 cm³/mol. The smallest absolute Gasteiger partial charge is 0.185 e. The largest absolute Gasteiger partial charge is 0.496 e. The highest BCUT2D eigenvalue weighted by atomic mass is 16.5. The average molecular weight is 285 g/mol. The number of anilines is 1. The zero-order valence-corrected chi connectivity index (χ0v) is 12.1. The summed E-state index contributed by atoms with van der Waals surface area (Å²) in [6.07, 6.45) is 5.33. The van der Waals surface area contributed by atoms with E-state index in [2.05, 4.69) is 15.5 Å². The lowest BCUT2D eigenvalue weighted by atomic mass is 10.0. The minimum absolute atomic E-state index is 0.450. The van der Waals surface area contributed by atoms with E-state index in [1.54, 1.807) is 7.11 Å². The van der Waals surface area contributed by atoms with E-state index >= 15 is 0 Å². The Kier molecular flexibility index (Phi) is 2.67. The van der Waals surface area contributed by atoms with Crippen molar-refractivity contribution in [2.24, 2.45) is 11.3 Å². The molecule has 21 heavy (non-hydrogen) atoms. The van der Waals surface area contributed by atoms with Gasteiger partial charge in [0, 0.05) is 11.8 Å². The van der Waals surface area contributed by atoms with Crippen LogP contribution in [0.5, 0.6) is 5.75 Å². The van der Waals surface area contributed by atoms with Gasteiger partial charge in [0.2, 0.25) is 0 Å². The van der Waals surface area contributed by atoms with Crippen LogP contribution in [0.4, 0.5) is 5.69 Å². The number of hydrogen-bond donors (Lipinski definition) is 1. The zero-order chi connectivity index (χ0) is 14.4. The lowest BCUT2D eigenvalue weighted by Crippen LogP contribution is -2.16. The molecule has 2 saturated carbocycles. The van der Waals surface area contributed by atoms with Crippen LogP contribution in [0.25, 0.3) is 11.4 Å². The molecule has 0 radical (unpaired) electrons. The maximum absolute atomic E-state index is 5.82. The highest BCUT2D eigenvalue weighted by molar-refractivity contribution is 5.67. The summed E-state index contributed by atoms with van der Waals surface area (Å²) in [5, 5.41) is 12.3. The van der Waals surface area contributed by atoms with E-state index in [1.807, 2.05) is 22.9 Å². The lowest BCUT2D eigenvalue weighted by Gasteiger charge is -2.15. The third-order valence-corrected chi connectivity index (χ3v) is 4.80. The number of nitrogens with two attached hydrogens (primary N) is 1. The number of nitrogens with zero attached hydrogens (tertiary/aromatic N) is 4. The molecule has 1 aromatic heterocycles. The topological polar surface area (TPSA) is 78.8 Å². The highest BCUT2D eigenvalue weighted by Crippen LogP contribution is 2.62. The molecule has 0 aliphatic heterocycles. The van der Waals surface area contributed by atoms with Crippen molar-refractivity contribution in [3.05, 3.63) is 18.2 Å². The van der Waals surface area contributed by atoms with Crippen LogP contribution in [-0.4, -0.2) is 27.3 Å². The zero-order valence-electron chi connectivity index (χ0n) is 12.1. The molecular weight excluding hydrogens is 266 g/mol.